The minimum Gasteiger partial charge on any atom is -0.493 e. The van der Waals surface area contributed by atoms with E-state index in [0.717, 1.165) is 5.56 Å². The second-order valence-electron chi connectivity index (χ2n) is 4.33. The lowest BCUT2D eigenvalue weighted by molar-refractivity contribution is 0.165. The van der Waals surface area contributed by atoms with Crippen molar-refractivity contribution >= 4 is 12.0 Å². The summed E-state index contributed by atoms with van der Waals surface area (Å²) in [6.07, 6.45) is 3.38. The fourth-order valence-electron chi connectivity index (χ4n) is 1.97. The average molecular weight is 285 g/mol. The molecule has 0 atom stereocenters. The van der Waals surface area contributed by atoms with Crippen molar-refractivity contribution in [2.24, 2.45) is 5.10 Å². The standard InChI is InChI=1S/C15H15N3O3/c1-19-12-8-11(9-13-15(12)21-7-6-20-13)10-17-18-14-4-2-3-5-16-14/h2-5,8-10H,6-7H2,1H3,(H,16,18)/b17-10-. The molecule has 2 aromatic rings. The molecule has 1 aromatic carbocycles. The Labute approximate surface area is 122 Å². The van der Waals surface area contributed by atoms with Crippen LogP contribution in [0, 0.1) is 0 Å². The first kappa shape index (κ1) is 13.2. The average Bonchev–Trinajstić information content (AvgIpc) is 2.55. The Morgan fingerprint density at radius 1 is 1.29 bits per heavy atom. The number of nitrogens with one attached hydrogen (secondary N) is 1. The maximum Gasteiger partial charge on any atom is 0.203 e. The van der Waals surface area contributed by atoms with Crippen molar-refractivity contribution < 1.29 is 14.2 Å². The van der Waals surface area contributed by atoms with Gasteiger partial charge in [0, 0.05) is 11.8 Å². The lowest BCUT2D eigenvalue weighted by Crippen LogP contribution is -2.16. The highest BCUT2D eigenvalue weighted by Gasteiger charge is 2.17. The Morgan fingerprint density at radius 3 is 3.00 bits per heavy atom. The zero-order chi connectivity index (χ0) is 14.5. The molecule has 0 radical (unpaired) electrons. The molecule has 1 aromatic heterocycles. The molecule has 0 unspecified atom stereocenters. The van der Waals surface area contributed by atoms with Gasteiger partial charge in [0.1, 0.15) is 19.0 Å². The summed E-state index contributed by atoms with van der Waals surface area (Å²) < 4.78 is 16.4. The van der Waals surface area contributed by atoms with Gasteiger partial charge in [-0.05, 0) is 24.3 Å². The van der Waals surface area contributed by atoms with Crippen molar-refractivity contribution in [3.8, 4) is 17.2 Å². The normalized spacial score (nSPS) is 13.2. The first-order valence-corrected chi connectivity index (χ1v) is 6.54. The van der Waals surface area contributed by atoms with Crippen molar-refractivity contribution in [1.82, 2.24) is 4.98 Å². The van der Waals surface area contributed by atoms with Crippen LogP contribution in [0.3, 0.4) is 0 Å². The predicted molar refractivity (Wildman–Crippen MR) is 79.4 cm³/mol. The fourth-order valence-corrected chi connectivity index (χ4v) is 1.97. The van der Waals surface area contributed by atoms with Crippen LogP contribution in [-0.4, -0.2) is 31.5 Å². The molecule has 0 fully saturated rings. The highest BCUT2D eigenvalue weighted by atomic mass is 16.6. The molecule has 3 rings (SSSR count). The molecule has 6 heteroatoms. The van der Waals surface area contributed by atoms with Crippen molar-refractivity contribution in [2.45, 2.75) is 0 Å². The first-order valence-electron chi connectivity index (χ1n) is 6.54. The van der Waals surface area contributed by atoms with Crippen LogP contribution in [0.25, 0.3) is 0 Å². The van der Waals surface area contributed by atoms with E-state index in [9.17, 15) is 0 Å². The summed E-state index contributed by atoms with van der Waals surface area (Å²) in [5, 5.41) is 4.15. The third-order valence-corrected chi connectivity index (χ3v) is 2.91. The van der Waals surface area contributed by atoms with Crippen LogP contribution in [0.5, 0.6) is 17.2 Å². The number of aromatic nitrogens is 1. The molecule has 0 bridgehead atoms. The Balaban J connectivity index is 1.79. The Bertz CT molecular complexity index is 627. The quantitative estimate of drug-likeness (QED) is 0.690. The Kier molecular flexibility index (Phi) is 3.86. The number of methoxy groups -OCH3 is 1. The van der Waals surface area contributed by atoms with Gasteiger partial charge in [-0.1, -0.05) is 6.07 Å². The van der Waals surface area contributed by atoms with Gasteiger partial charge in [0.25, 0.3) is 0 Å². The van der Waals surface area contributed by atoms with E-state index >= 15 is 0 Å². The number of ether oxygens (including phenoxy) is 3. The summed E-state index contributed by atoms with van der Waals surface area (Å²) in [6.45, 7) is 1.06. The van der Waals surface area contributed by atoms with Crippen LogP contribution in [0.4, 0.5) is 5.82 Å². The molecule has 1 aliphatic rings. The highest BCUT2D eigenvalue weighted by Crippen LogP contribution is 2.39. The molecule has 0 spiro atoms. The van der Waals surface area contributed by atoms with Gasteiger partial charge in [-0.2, -0.15) is 5.10 Å². The predicted octanol–water partition coefficient (Wildman–Crippen LogP) is 2.31. The van der Waals surface area contributed by atoms with Crippen LogP contribution >= 0.6 is 0 Å². The maximum atomic E-state index is 5.57. The molecule has 1 N–H and O–H groups in total. The number of nitrogens with zero attached hydrogens (tertiary/aromatic N) is 2. The summed E-state index contributed by atoms with van der Waals surface area (Å²) in [5.41, 5.74) is 3.70. The molecule has 108 valence electrons. The van der Waals surface area contributed by atoms with Gasteiger partial charge < -0.3 is 14.2 Å². The van der Waals surface area contributed by atoms with Crippen molar-refractivity contribution in [2.75, 3.05) is 25.7 Å². The Hall–Kier alpha value is -2.76. The molecule has 0 saturated carbocycles. The Morgan fingerprint density at radius 2 is 2.19 bits per heavy atom. The topological polar surface area (TPSA) is 65.0 Å². The SMILES string of the molecule is COc1cc(/C=N\Nc2ccccn2)cc2c1OCCO2. The number of hydrogen-bond donors (Lipinski definition) is 1. The largest absolute Gasteiger partial charge is 0.493 e. The van der Waals surface area contributed by atoms with Gasteiger partial charge in [0.15, 0.2) is 11.5 Å². The lowest BCUT2D eigenvalue weighted by atomic mass is 10.2. The number of rotatable bonds is 4. The number of fused-ring (bicyclic) bond motifs is 1. The van der Waals surface area contributed by atoms with Crippen LogP contribution in [0.15, 0.2) is 41.6 Å². The van der Waals surface area contributed by atoms with Crippen LogP contribution in [-0.2, 0) is 0 Å². The number of hydrogen-bond acceptors (Lipinski definition) is 6. The van der Waals surface area contributed by atoms with Gasteiger partial charge in [-0.3, -0.25) is 5.43 Å². The van der Waals surface area contributed by atoms with Crippen LogP contribution < -0.4 is 19.6 Å². The minimum atomic E-state index is 0.526. The second-order valence-corrected chi connectivity index (χ2v) is 4.33. The van der Waals surface area contributed by atoms with E-state index in [4.69, 9.17) is 14.2 Å². The molecular weight excluding hydrogens is 270 g/mol. The summed E-state index contributed by atoms with van der Waals surface area (Å²) in [6, 6.07) is 9.28. The van der Waals surface area contributed by atoms with Crippen LogP contribution in [0.2, 0.25) is 0 Å². The van der Waals surface area contributed by atoms with Gasteiger partial charge >= 0.3 is 0 Å². The number of pyridine rings is 1. The van der Waals surface area contributed by atoms with Gasteiger partial charge in [-0.15, -0.1) is 0 Å². The van der Waals surface area contributed by atoms with E-state index < -0.39 is 0 Å². The zero-order valence-corrected chi connectivity index (χ0v) is 11.6. The maximum absolute atomic E-state index is 5.57. The molecule has 6 nitrogen and oxygen atoms in total. The van der Waals surface area contributed by atoms with E-state index in [0.29, 0.717) is 36.3 Å². The second kappa shape index (κ2) is 6.13. The third-order valence-electron chi connectivity index (χ3n) is 2.91. The molecule has 2 heterocycles. The smallest absolute Gasteiger partial charge is 0.203 e. The molecular formula is C15H15N3O3. The molecule has 1 aliphatic heterocycles. The van der Waals surface area contributed by atoms with Gasteiger partial charge in [0.05, 0.1) is 13.3 Å². The minimum absolute atomic E-state index is 0.526. The van der Waals surface area contributed by atoms with Crippen molar-refractivity contribution in [3.05, 3.63) is 42.1 Å². The van der Waals surface area contributed by atoms with E-state index in [1.54, 1.807) is 19.5 Å². The third kappa shape index (κ3) is 3.05. The highest BCUT2D eigenvalue weighted by molar-refractivity contribution is 5.83. The molecule has 0 aliphatic carbocycles. The monoisotopic (exact) mass is 285 g/mol. The lowest BCUT2D eigenvalue weighted by Gasteiger charge is -2.20. The van der Waals surface area contributed by atoms with E-state index in [1.165, 1.54) is 0 Å². The summed E-state index contributed by atoms with van der Waals surface area (Å²) in [4.78, 5) is 4.12. The molecule has 0 amide bonds. The van der Waals surface area contributed by atoms with Crippen LogP contribution in [0.1, 0.15) is 5.56 Å². The number of anilines is 1. The first-order chi connectivity index (χ1) is 10.4. The number of benzene rings is 1. The van der Waals surface area contributed by atoms with E-state index in [2.05, 4.69) is 15.5 Å². The fraction of sp³-hybridized carbons (Fsp3) is 0.200. The van der Waals surface area contributed by atoms with Crippen molar-refractivity contribution in [1.29, 1.82) is 0 Å². The summed E-state index contributed by atoms with van der Waals surface area (Å²) in [7, 11) is 1.60. The summed E-state index contributed by atoms with van der Waals surface area (Å²) in [5.74, 6) is 2.61. The molecule has 21 heavy (non-hydrogen) atoms. The summed E-state index contributed by atoms with van der Waals surface area (Å²) >= 11 is 0. The molecule has 0 saturated heterocycles. The zero-order valence-electron chi connectivity index (χ0n) is 11.6. The van der Waals surface area contributed by atoms with E-state index in [-0.39, 0.29) is 0 Å². The van der Waals surface area contributed by atoms with Gasteiger partial charge in [0.2, 0.25) is 5.75 Å². The van der Waals surface area contributed by atoms with E-state index in [1.807, 2.05) is 30.3 Å². The van der Waals surface area contributed by atoms with Gasteiger partial charge in [-0.25, -0.2) is 4.98 Å². The number of hydrazone groups is 1. The van der Waals surface area contributed by atoms with Crippen molar-refractivity contribution in [3.63, 3.8) is 0 Å².